The van der Waals surface area contributed by atoms with Crippen molar-refractivity contribution >= 4 is 0 Å². The molecular formula is C9H11F3O. The standard InChI is InChI=1S/C9H11F3O/c1-4-6-8(5-2)13-7(3)9(10,11)12/h4-6H,3H2,1-2H3/b6-4-,8-5+. The van der Waals surface area contributed by atoms with Crippen molar-refractivity contribution in [3.8, 4) is 0 Å². The van der Waals surface area contributed by atoms with Crippen LogP contribution in [0.25, 0.3) is 0 Å². The molecule has 0 heterocycles. The van der Waals surface area contributed by atoms with E-state index < -0.39 is 11.9 Å². The lowest BCUT2D eigenvalue weighted by atomic mass is 10.4. The van der Waals surface area contributed by atoms with Crippen LogP contribution < -0.4 is 0 Å². The SMILES string of the molecule is C=C(OC(/C=C\C)=C/C)C(F)(F)F. The summed E-state index contributed by atoms with van der Waals surface area (Å²) in [6, 6.07) is 0. The fourth-order valence-corrected chi connectivity index (χ4v) is 0.554. The number of halogens is 3. The van der Waals surface area contributed by atoms with E-state index in [9.17, 15) is 13.2 Å². The Kier molecular flexibility index (Phi) is 4.31. The maximum absolute atomic E-state index is 11.9. The molecule has 0 aromatic rings. The predicted octanol–water partition coefficient (Wildman–Crippen LogP) is 3.56. The van der Waals surface area contributed by atoms with Gasteiger partial charge in [0.25, 0.3) is 0 Å². The highest BCUT2D eigenvalue weighted by Gasteiger charge is 2.34. The van der Waals surface area contributed by atoms with Gasteiger partial charge in [-0.05, 0) is 26.0 Å². The van der Waals surface area contributed by atoms with Crippen molar-refractivity contribution in [2.75, 3.05) is 0 Å². The van der Waals surface area contributed by atoms with Crippen molar-refractivity contribution in [3.63, 3.8) is 0 Å². The lowest BCUT2D eigenvalue weighted by Gasteiger charge is -2.11. The van der Waals surface area contributed by atoms with Crippen molar-refractivity contribution < 1.29 is 17.9 Å². The number of hydrogen-bond donors (Lipinski definition) is 0. The molecule has 0 saturated carbocycles. The molecule has 0 rings (SSSR count). The summed E-state index contributed by atoms with van der Waals surface area (Å²) in [4.78, 5) is 0. The molecule has 0 saturated heterocycles. The summed E-state index contributed by atoms with van der Waals surface area (Å²) < 4.78 is 40.2. The third kappa shape index (κ3) is 4.40. The molecule has 0 aliphatic heterocycles. The molecule has 0 aliphatic rings. The first-order valence-electron chi connectivity index (χ1n) is 3.64. The van der Waals surface area contributed by atoms with E-state index in [1.165, 1.54) is 12.2 Å². The normalized spacial score (nSPS) is 13.5. The topological polar surface area (TPSA) is 9.23 Å². The molecule has 1 nitrogen and oxygen atoms in total. The van der Waals surface area contributed by atoms with Gasteiger partial charge >= 0.3 is 6.18 Å². The molecule has 4 heteroatoms. The maximum atomic E-state index is 11.9. The molecule has 13 heavy (non-hydrogen) atoms. The number of ether oxygens (including phenoxy) is 1. The molecule has 0 unspecified atom stereocenters. The van der Waals surface area contributed by atoms with Gasteiger partial charge in [-0.15, -0.1) is 0 Å². The van der Waals surface area contributed by atoms with Gasteiger partial charge in [0, 0.05) is 0 Å². The minimum absolute atomic E-state index is 0.129. The molecule has 0 N–H and O–H groups in total. The fourth-order valence-electron chi connectivity index (χ4n) is 0.554. The molecule has 0 atom stereocenters. The zero-order valence-electron chi connectivity index (χ0n) is 7.48. The highest BCUT2D eigenvalue weighted by molar-refractivity contribution is 5.13. The number of alkyl halides is 3. The van der Waals surface area contributed by atoms with E-state index in [4.69, 9.17) is 0 Å². The third-order valence-corrected chi connectivity index (χ3v) is 1.17. The molecule has 0 aliphatic carbocycles. The second-order valence-corrected chi connectivity index (χ2v) is 2.21. The van der Waals surface area contributed by atoms with E-state index >= 15 is 0 Å². The van der Waals surface area contributed by atoms with Gasteiger partial charge in [-0.25, -0.2) is 0 Å². The fraction of sp³-hybridized carbons (Fsp3) is 0.333. The molecule has 0 aromatic heterocycles. The number of hydrogen-bond acceptors (Lipinski definition) is 1. The van der Waals surface area contributed by atoms with Gasteiger partial charge in [0.05, 0.1) is 0 Å². The first-order valence-corrected chi connectivity index (χ1v) is 3.64. The molecule has 0 spiro atoms. The van der Waals surface area contributed by atoms with Gasteiger partial charge in [0.1, 0.15) is 5.76 Å². The minimum atomic E-state index is -4.50. The van der Waals surface area contributed by atoms with E-state index in [-0.39, 0.29) is 5.76 Å². The van der Waals surface area contributed by atoms with Crippen molar-refractivity contribution in [3.05, 3.63) is 36.3 Å². The zero-order valence-corrected chi connectivity index (χ0v) is 7.48. The van der Waals surface area contributed by atoms with Crippen LogP contribution in [0.1, 0.15) is 13.8 Å². The summed E-state index contributed by atoms with van der Waals surface area (Å²) in [5.74, 6) is -1.08. The van der Waals surface area contributed by atoms with E-state index in [0.717, 1.165) is 0 Å². The Labute approximate surface area is 75.2 Å². The van der Waals surface area contributed by atoms with E-state index in [0.29, 0.717) is 0 Å². The summed E-state index contributed by atoms with van der Waals surface area (Å²) in [5.41, 5.74) is 0. The summed E-state index contributed by atoms with van der Waals surface area (Å²) >= 11 is 0. The Balaban J connectivity index is 4.36. The lowest BCUT2D eigenvalue weighted by Crippen LogP contribution is -2.12. The monoisotopic (exact) mass is 192 g/mol. The van der Waals surface area contributed by atoms with Gasteiger partial charge < -0.3 is 4.74 Å². The summed E-state index contributed by atoms with van der Waals surface area (Å²) in [6.45, 7) is 6.04. The Bertz CT molecular complexity index is 236. The Hall–Kier alpha value is -1.19. The average Bonchev–Trinajstić information content (AvgIpc) is 2.01. The Morgan fingerprint density at radius 1 is 1.31 bits per heavy atom. The largest absolute Gasteiger partial charge is 0.453 e. The van der Waals surface area contributed by atoms with Crippen molar-refractivity contribution in [1.29, 1.82) is 0 Å². The second-order valence-electron chi connectivity index (χ2n) is 2.21. The van der Waals surface area contributed by atoms with E-state index in [1.54, 1.807) is 19.9 Å². The molecule has 0 aromatic carbocycles. The Morgan fingerprint density at radius 3 is 2.15 bits per heavy atom. The predicted molar refractivity (Wildman–Crippen MR) is 44.9 cm³/mol. The van der Waals surface area contributed by atoms with Crippen LogP contribution in [0.2, 0.25) is 0 Å². The van der Waals surface area contributed by atoms with Crippen LogP contribution in [0.4, 0.5) is 13.2 Å². The van der Waals surface area contributed by atoms with Crippen LogP contribution >= 0.6 is 0 Å². The lowest BCUT2D eigenvalue weighted by molar-refractivity contribution is -0.122. The van der Waals surface area contributed by atoms with Crippen LogP contribution in [0, 0.1) is 0 Å². The number of rotatable bonds is 3. The smallest absolute Gasteiger partial charge is 0.448 e. The summed E-state index contributed by atoms with van der Waals surface area (Å²) in [7, 11) is 0. The molecule has 0 bridgehead atoms. The first kappa shape index (κ1) is 11.8. The summed E-state index contributed by atoms with van der Waals surface area (Å²) in [6.07, 6.45) is -0.0668. The summed E-state index contributed by atoms with van der Waals surface area (Å²) in [5, 5.41) is 0. The molecular weight excluding hydrogens is 181 g/mol. The van der Waals surface area contributed by atoms with E-state index in [1.807, 2.05) is 0 Å². The molecule has 0 amide bonds. The van der Waals surface area contributed by atoms with Crippen molar-refractivity contribution in [1.82, 2.24) is 0 Å². The van der Waals surface area contributed by atoms with E-state index in [2.05, 4.69) is 11.3 Å². The van der Waals surface area contributed by atoms with Crippen molar-refractivity contribution in [2.24, 2.45) is 0 Å². The van der Waals surface area contributed by atoms with Gasteiger partial charge in [-0.1, -0.05) is 12.7 Å². The van der Waals surface area contributed by atoms with Gasteiger partial charge in [-0.2, -0.15) is 13.2 Å². The first-order chi connectivity index (χ1) is 5.91. The molecule has 74 valence electrons. The molecule has 0 fully saturated rings. The van der Waals surface area contributed by atoms with Crippen LogP contribution in [0.5, 0.6) is 0 Å². The Morgan fingerprint density at radius 2 is 1.85 bits per heavy atom. The van der Waals surface area contributed by atoms with Crippen LogP contribution in [-0.4, -0.2) is 6.18 Å². The zero-order chi connectivity index (χ0) is 10.5. The maximum Gasteiger partial charge on any atom is 0.448 e. The second kappa shape index (κ2) is 4.74. The minimum Gasteiger partial charge on any atom is -0.453 e. The van der Waals surface area contributed by atoms with Crippen LogP contribution in [0.15, 0.2) is 36.3 Å². The van der Waals surface area contributed by atoms with Gasteiger partial charge in [-0.3, -0.25) is 0 Å². The van der Waals surface area contributed by atoms with Crippen LogP contribution in [-0.2, 0) is 4.74 Å². The quantitative estimate of drug-likeness (QED) is 0.490. The van der Waals surface area contributed by atoms with Gasteiger partial charge in [0.2, 0.25) is 5.76 Å². The highest BCUT2D eigenvalue weighted by Crippen LogP contribution is 2.26. The van der Waals surface area contributed by atoms with Crippen molar-refractivity contribution in [2.45, 2.75) is 20.0 Å². The van der Waals surface area contributed by atoms with Gasteiger partial charge in [0.15, 0.2) is 0 Å². The third-order valence-electron chi connectivity index (χ3n) is 1.17. The average molecular weight is 192 g/mol. The molecule has 0 radical (unpaired) electrons. The highest BCUT2D eigenvalue weighted by atomic mass is 19.4. The van der Waals surface area contributed by atoms with Crippen LogP contribution in [0.3, 0.4) is 0 Å². The number of allylic oxidation sites excluding steroid dienone is 4.